The number of hydrogen-bond acceptors (Lipinski definition) is 3. The van der Waals surface area contributed by atoms with Crippen LogP contribution in [0.4, 0.5) is 0 Å². The average molecular weight is 160 g/mol. The molecule has 1 rings (SSSR count). The van der Waals surface area contributed by atoms with Crippen molar-refractivity contribution in [3.05, 3.63) is 6.33 Å². The van der Waals surface area contributed by atoms with E-state index < -0.39 is 0 Å². The van der Waals surface area contributed by atoms with Gasteiger partial charge >= 0.3 is 45.5 Å². The average Bonchev–Trinajstić information content (AvgIpc) is 1.76. The molecule has 6 heavy (non-hydrogen) atoms. The molecular weight excluding hydrogens is 156 g/mol. The summed E-state index contributed by atoms with van der Waals surface area (Å²) < 4.78 is 0. The van der Waals surface area contributed by atoms with Crippen molar-refractivity contribution in [1.82, 2.24) is 20.6 Å². The minimum Gasteiger partial charge on any atom is -1.00 e. The molecule has 1 N–H and O–H groups in total. The molecule has 1 heterocycles. The molecule has 0 unspecified atom stereocenters. The van der Waals surface area contributed by atoms with E-state index in [1.807, 2.05) is 0 Å². The van der Waals surface area contributed by atoms with Crippen molar-refractivity contribution in [2.75, 3.05) is 0 Å². The molecule has 0 bridgehead atoms. The molecule has 4 nitrogen and oxygen atoms in total. The number of nitrogens with one attached hydrogen (secondary N) is 1. The molecule has 1 aromatic heterocycles. The molecule has 0 saturated heterocycles. The SMILES string of the molecule is [H-].[H-].[Sr+2].c1nn[nH]n1. The molecular formula is CH4N4Sr. The smallest absolute Gasteiger partial charge is 1.00 e. The van der Waals surface area contributed by atoms with Crippen molar-refractivity contribution in [3.63, 3.8) is 0 Å². The number of aromatic nitrogens is 4. The van der Waals surface area contributed by atoms with Gasteiger partial charge in [-0.05, 0) is 0 Å². The van der Waals surface area contributed by atoms with Gasteiger partial charge in [0.1, 0.15) is 0 Å². The van der Waals surface area contributed by atoms with Gasteiger partial charge in [-0.25, -0.2) is 0 Å². The maximum absolute atomic E-state index is 3.38. The van der Waals surface area contributed by atoms with Crippen LogP contribution in [0.2, 0.25) is 0 Å². The zero-order chi connectivity index (χ0) is 3.54. The van der Waals surface area contributed by atoms with Crippen LogP contribution in [0.25, 0.3) is 0 Å². The van der Waals surface area contributed by atoms with Gasteiger partial charge in [0.25, 0.3) is 0 Å². The van der Waals surface area contributed by atoms with Crippen LogP contribution < -0.4 is 0 Å². The molecule has 30 valence electrons. The fourth-order valence-corrected chi connectivity index (χ4v) is 0.129. The first-order valence-corrected chi connectivity index (χ1v) is 1.16. The van der Waals surface area contributed by atoms with Gasteiger partial charge in [0.15, 0.2) is 6.33 Å². The van der Waals surface area contributed by atoms with E-state index in [9.17, 15) is 0 Å². The fraction of sp³-hybridized carbons (Fsp3) is 0. The Hall–Kier alpha value is 0.551. The van der Waals surface area contributed by atoms with Crippen molar-refractivity contribution in [3.8, 4) is 0 Å². The molecule has 1 aromatic rings. The first-order chi connectivity index (χ1) is 2.50. The van der Waals surface area contributed by atoms with Crippen LogP contribution in [0.15, 0.2) is 6.33 Å². The third-order valence-electron chi connectivity index (χ3n) is 0.270. The summed E-state index contributed by atoms with van der Waals surface area (Å²) in [5, 5.41) is 12.2. The quantitative estimate of drug-likeness (QED) is 0.497. The Balaban J connectivity index is -0.0000000833. The van der Waals surface area contributed by atoms with Crippen molar-refractivity contribution in [2.45, 2.75) is 0 Å². The Morgan fingerprint density at radius 1 is 1.67 bits per heavy atom. The van der Waals surface area contributed by atoms with Gasteiger partial charge in [0.05, 0.1) is 0 Å². The summed E-state index contributed by atoms with van der Waals surface area (Å²) in [6.45, 7) is 0. The molecule has 0 aliphatic carbocycles. The van der Waals surface area contributed by atoms with Crippen LogP contribution in [-0.2, 0) is 0 Å². The standard InChI is InChI=1S/CH2N4.Sr.2H/c1-2-4-5-3-1;;;/h1H,(H,2,3,4,5);;;/q;+2;2*-1. The number of tetrazole rings is 1. The second-order valence-corrected chi connectivity index (χ2v) is 0.560. The summed E-state index contributed by atoms with van der Waals surface area (Å²) in [6.07, 6.45) is 1.33. The van der Waals surface area contributed by atoms with Crippen molar-refractivity contribution in [2.24, 2.45) is 0 Å². The van der Waals surface area contributed by atoms with E-state index >= 15 is 0 Å². The molecule has 0 aliphatic heterocycles. The molecule has 5 heteroatoms. The first-order valence-electron chi connectivity index (χ1n) is 1.16. The zero-order valence-corrected chi connectivity index (χ0v) is 6.60. The van der Waals surface area contributed by atoms with Gasteiger partial charge < -0.3 is 2.85 Å². The molecule has 0 spiro atoms. The number of rotatable bonds is 0. The maximum atomic E-state index is 3.38. The third-order valence-corrected chi connectivity index (χ3v) is 0.270. The minimum atomic E-state index is 0. The molecule has 0 atom stereocenters. The number of nitrogens with zero attached hydrogens (tertiary/aromatic N) is 3. The van der Waals surface area contributed by atoms with Gasteiger partial charge in [-0.1, -0.05) is 5.21 Å². The monoisotopic (exact) mass is 160 g/mol. The Labute approximate surface area is 74.6 Å². The van der Waals surface area contributed by atoms with Crippen molar-refractivity contribution >= 4 is 45.5 Å². The molecule has 0 fully saturated rings. The van der Waals surface area contributed by atoms with Gasteiger partial charge in [-0.15, -0.1) is 10.2 Å². The largest absolute Gasteiger partial charge is 2.00 e. The molecule has 0 saturated carbocycles. The Morgan fingerprint density at radius 3 is 2.67 bits per heavy atom. The number of H-pyrrole nitrogens is 1. The van der Waals surface area contributed by atoms with Gasteiger partial charge in [0.2, 0.25) is 0 Å². The predicted octanol–water partition coefficient (Wildman–Crippen LogP) is -0.956. The fourth-order valence-electron chi connectivity index (χ4n) is 0.129. The third kappa shape index (κ3) is 1.86. The Morgan fingerprint density at radius 2 is 2.50 bits per heavy atom. The summed E-state index contributed by atoms with van der Waals surface area (Å²) in [4.78, 5) is 0. The predicted molar refractivity (Wildman–Crippen MR) is 22.2 cm³/mol. The van der Waals surface area contributed by atoms with Crippen molar-refractivity contribution in [1.29, 1.82) is 0 Å². The van der Waals surface area contributed by atoms with Gasteiger partial charge in [-0.3, -0.25) is 0 Å². The van der Waals surface area contributed by atoms with E-state index in [0.717, 1.165) is 0 Å². The normalized spacial score (nSPS) is 6.67. The van der Waals surface area contributed by atoms with Crippen LogP contribution in [0.5, 0.6) is 0 Å². The first kappa shape index (κ1) is 6.55. The molecule has 0 aromatic carbocycles. The summed E-state index contributed by atoms with van der Waals surface area (Å²) in [6, 6.07) is 0. The maximum Gasteiger partial charge on any atom is 2.00 e. The van der Waals surface area contributed by atoms with Crippen LogP contribution in [0, 0.1) is 0 Å². The van der Waals surface area contributed by atoms with Gasteiger partial charge in [-0.2, -0.15) is 5.21 Å². The van der Waals surface area contributed by atoms with E-state index in [-0.39, 0.29) is 48.3 Å². The number of aromatic amines is 1. The van der Waals surface area contributed by atoms with E-state index in [4.69, 9.17) is 0 Å². The summed E-state index contributed by atoms with van der Waals surface area (Å²) >= 11 is 0. The second-order valence-electron chi connectivity index (χ2n) is 0.560. The van der Waals surface area contributed by atoms with E-state index in [2.05, 4.69) is 20.6 Å². The van der Waals surface area contributed by atoms with Crippen LogP contribution in [0.1, 0.15) is 2.85 Å². The summed E-state index contributed by atoms with van der Waals surface area (Å²) in [7, 11) is 0. The second kappa shape index (κ2) is 3.73. The molecule has 0 amide bonds. The zero-order valence-electron chi connectivity index (χ0n) is 5.13. The Bertz CT molecular complexity index is 70.5. The molecule has 0 aliphatic rings. The van der Waals surface area contributed by atoms with E-state index in [0.29, 0.717) is 0 Å². The van der Waals surface area contributed by atoms with Crippen LogP contribution >= 0.6 is 0 Å². The van der Waals surface area contributed by atoms with Crippen molar-refractivity contribution < 1.29 is 2.85 Å². The molecule has 0 radical (unpaired) electrons. The van der Waals surface area contributed by atoms with Crippen LogP contribution in [-0.4, -0.2) is 66.1 Å². The topological polar surface area (TPSA) is 54.5 Å². The minimum absolute atomic E-state index is 0. The summed E-state index contributed by atoms with van der Waals surface area (Å²) in [5.41, 5.74) is 0. The summed E-state index contributed by atoms with van der Waals surface area (Å²) in [5.74, 6) is 0. The van der Waals surface area contributed by atoms with Crippen LogP contribution in [0.3, 0.4) is 0 Å². The van der Waals surface area contributed by atoms with E-state index in [1.165, 1.54) is 6.33 Å². The number of hydrogen-bond donors (Lipinski definition) is 1. The van der Waals surface area contributed by atoms with E-state index in [1.54, 1.807) is 0 Å². The van der Waals surface area contributed by atoms with Gasteiger partial charge in [0, 0.05) is 0 Å². The Kier molecular flexibility index (Phi) is 4.07.